The molecule has 2 nitrogen and oxygen atoms in total. The summed E-state index contributed by atoms with van der Waals surface area (Å²) in [5, 5.41) is 7.85. The number of halogens is 3. The molecule has 8 heavy (non-hydrogen) atoms. The summed E-state index contributed by atoms with van der Waals surface area (Å²) in [7, 11) is 0. The van der Waals surface area contributed by atoms with Gasteiger partial charge >= 0.3 is 25.8 Å². The molecule has 0 aliphatic rings. The summed E-state index contributed by atoms with van der Waals surface area (Å²) in [6, 6.07) is 0. The van der Waals surface area contributed by atoms with Crippen LogP contribution in [0.25, 0.3) is 0 Å². The van der Waals surface area contributed by atoms with Crippen molar-refractivity contribution >= 4 is 60.6 Å². The van der Waals surface area contributed by atoms with E-state index in [2.05, 4.69) is 0 Å². The van der Waals surface area contributed by atoms with Crippen LogP contribution in [0.2, 0.25) is 0 Å². The molecule has 1 N–H and O–H groups in total. The van der Waals surface area contributed by atoms with E-state index in [0.29, 0.717) is 0 Å². The SMILES string of the molecule is O=C(O)C(Cl)(Cl)Cl.[GaH3]. The summed E-state index contributed by atoms with van der Waals surface area (Å²) in [4.78, 5) is 9.62. The van der Waals surface area contributed by atoms with Crippen LogP contribution in [0.3, 0.4) is 0 Å². The number of alkyl halides is 3. The second-order valence-corrected chi connectivity index (χ2v) is 3.08. The molecule has 0 aromatic carbocycles. The fraction of sp³-hybridized carbons (Fsp3) is 0.500. The van der Waals surface area contributed by atoms with Crippen LogP contribution >= 0.6 is 34.8 Å². The maximum atomic E-state index is 9.62. The molecule has 6 heteroatoms. The van der Waals surface area contributed by atoms with Crippen LogP contribution in [0.4, 0.5) is 0 Å². The molecule has 0 radical (unpaired) electrons. The van der Waals surface area contributed by atoms with Crippen molar-refractivity contribution in [3.8, 4) is 0 Å². The zero-order valence-corrected chi connectivity index (χ0v) is 5.26. The first-order chi connectivity index (χ1) is 2.94. The minimum absolute atomic E-state index is 0. The predicted octanol–water partition coefficient (Wildman–Crippen LogP) is 0.257. The molecule has 0 rings (SSSR count). The van der Waals surface area contributed by atoms with Crippen LogP contribution in [0.15, 0.2) is 0 Å². The predicted molar refractivity (Wildman–Crippen MR) is 37.9 cm³/mol. The van der Waals surface area contributed by atoms with E-state index >= 15 is 0 Å². The van der Waals surface area contributed by atoms with E-state index in [9.17, 15) is 4.79 Å². The average Bonchev–Trinajstić information content (AvgIpc) is 1.31. The van der Waals surface area contributed by atoms with Gasteiger partial charge in [-0.05, 0) is 0 Å². The van der Waals surface area contributed by atoms with Crippen molar-refractivity contribution in [1.29, 1.82) is 0 Å². The molecule has 0 saturated carbocycles. The van der Waals surface area contributed by atoms with Gasteiger partial charge in [-0.15, -0.1) is 0 Å². The summed E-state index contributed by atoms with van der Waals surface area (Å²) >= 11 is 14.4. The Bertz CT molecular complexity index is 87.8. The third-order valence-corrected chi connectivity index (χ3v) is 0.728. The van der Waals surface area contributed by atoms with Crippen molar-refractivity contribution in [3.63, 3.8) is 0 Å². The molecule has 0 atom stereocenters. The molecular weight excluding hydrogens is 232 g/mol. The summed E-state index contributed by atoms with van der Waals surface area (Å²) in [6.45, 7) is 0. The zero-order valence-electron chi connectivity index (χ0n) is 2.99. The monoisotopic (exact) mass is 234 g/mol. The molecule has 0 unspecified atom stereocenters. The number of hydrogen-bond donors (Lipinski definition) is 1. The Labute approximate surface area is 74.1 Å². The molecule has 0 heterocycles. The summed E-state index contributed by atoms with van der Waals surface area (Å²) in [5.41, 5.74) is 0. The molecular formula is C2H4Cl3GaO2. The fourth-order valence-corrected chi connectivity index (χ4v) is 0. The number of aliphatic carboxylic acids is 1. The normalized spacial score (nSPS) is 9.88. The second kappa shape index (κ2) is 3.90. The quantitative estimate of drug-likeness (QED) is 0.484. The van der Waals surface area contributed by atoms with Gasteiger partial charge in [0.15, 0.2) is 0 Å². The number of carboxylic acids is 1. The van der Waals surface area contributed by atoms with E-state index in [-0.39, 0.29) is 19.8 Å². The molecule has 0 saturated heterocycles. The van der Waals surface area contributed by atoms with Crippen LogP contribution in [-0.2, 0) is 4.79 Å². The van der Waals surface area contributed by atoms with E-state index in [1.54, 1.807) is 0 Å². The van der Waals surface area contributed by atoms with Crippen LogP contribution in [0, 0.1) is 0 Å². The standard InChI is InChI=1S/C2HCl3O2.Ga.3H/c3-2(4,5)1(6)7;;;;/h(H,6,7);;;;. The summed E-state index contributed by atoms with van der Waals surface area (Å²) in [5.74, 6) is -1.46. The van der Waals surface area contributed by atoms with E-state index in [1.807, 2.05) is 0 Å². The van der Waals surface area contributed by atoms with Crippen LogP contribution < -0.4 is 0 Å². The van der Waals surface area contributed by atoms with Crippen molar-refractivity contribution in [2.45, 2.75) is 3.79 Å². The van der Waals surface area contributed by atoms with Gasteiger partial charge in [0.25, 0.3) is 3.79 Å². The molecule has 0 aliphatic heterocycles. The van der Waals surface area contributed by atoms with Gasteiger partial charge in [0, 0.05) is 0 Å². The molecule has 0 amide bonds. The van der Waals surface area contributed by atoms with Crippen LogP contribution in [0.1, 0.15) is 0 Å². The van der Waals surface area contributed by atoms with E-state index in [1.165, 1.54) is 0 Å². The van der Waals surface area contributed by atoms with Gasteiger partial charge in [-0.25, -0.2) is 4.79 Å². The van der Waals surface area contributed by atoms with Gasteiger partial charge in [-0.1, -0.05) is 34.8 Å². The van der Waals surface area contributed by atoms with Crippen molar-refractivity contribution in [2.75, 3.05) is 0 Å². The summed E-state index contributed by atoms with van der Waals surface area (Å²) < 4.78 is -2.17. The second-order valence-electron chi connectivity index (χ2n) is 0.803. The Morgan fingerprint density at radius 1 is 1.38 bits per heavy atom. The Morgan fingerprint density at radius 2 is 1.50 bits per heavy atom. The molecule has 0 bridgehead atoms. The topological polar surface area (TPSA) is 37.3 Å². The van der Waals surface area contributed by atoms with Gasteiger partial charge in [0.2, 0.25) is 0 Å². The fourth-order valence-electron chi connectivity index (χ4n) is 0. The van der Waals surface area contributed by atoms with Gasteiger partial charge in [-0.2, -0.15) is 0 Å². The van der Waals surface area contributed by atoms with Crippen molar-refractivity contribution in [3.05, 3.63) is 0 Å². The molecule has 0 aromatic heterocycles. The molecule has 48 valence electrons. The first kappa shape index (κ1) is 11.7. The number of rotatable bonds is 0. The van der Waals surface area contributed by atoms with E-state index < -0.39 is 9.76 Å². The molecule has 0 aliphatic carbocycles. The van der Waals surface area contributed by atoms with Crippen molar-refractivity contribution in [1.82, 2.24) is 0 Å². The Kier molecular flexibility index (Phi) is 5.72. The van der Waals surface area contributed by atoms with Crippen LogP contribution in [0.5, 0.6) is 0 Å². The van der Waals surface area contributed by atoms with Gasteiger partial charge < -0.3 is 5.11 Å². The molecule has 0 fully saturated rings. The van der Waals surface area contributed by atoms with Gasteiger partial charge in [-0.3, -0.25) is 0 Å². The molecule has 0 aromatic rings. The maximum absolute atomic E-state index is 9.62. The molecule has 0 spiro atoms. The zero-order chi connectivity index (χ0) is 6.08. The van der Waals surface area contributed by atoms with E-state index in [4.69, 9.17) is 39.9 Å². The van der Waals surface area contributed by atoms with Gasteiger partial charge in [0.05, 0.1) is 0 Å². The van der Waals surface area contributed by atoms with Gasteiger partial charge in [0.1, 0.15) is 0 Å². The first-order valence-corrected chi connectivity index (χ1v) is 2.38. The van der Waals surface area contributed by atoms with Crippen molar-refractivity contribution in [2.24, 2.45) is 0 Å². The number of hydrogen-bond acceptors (Lipinski definition) is 1. The number of carbonyl (C=O) groups is 1. The number of carboxylic acid groups (broad SMARTS) is 1. The third-order valence-electron chi connectivity index (χ3n) is 0.243. The Morgan fingerprint density at radius 3 is 1.50 bits per heavy atom. The third kappa shape index (κ3) is 5.12. The average molecular weight is 236 g/mol. The summed E-state index contributed by atoms with van der Waals surface area (Å²) in [6.07, 6.45) is 0. The first-order valence-electron chi connectivity index (χ1n) is 1.24. The van der Waals surface area contributed by atoms with E-state index in [0.717, 1.165) is 0 Å². The Hall–Kier alpha value is 0.976. The van der Waals surface area contributed by atoms with Crippen LogP contribution in [-0.4, -0.2) is 34.7 Å². The van der Waals surface area contributed by atoms with Crippen molar-refractivity contribution < 1.29 is 9.90 Å². The Balaban J connectivity index is 0. The minimum atomic E-state index is -2.17.